The van der Waals surface area contributed by atoms with Gasteiger partial charge in [-0.3, -0.25) is 4.79 Å². The van der Waals surface area contributed by atoms with Crippen LogP contribution in [0, 0.1) is 10.7 Å². The van der Waals surface area contributed by atoms with E-state index in [9.17, 15) is 9.59 Å². The summed E-state index contributed by atoms with van der Waals surface area (Å²) in [6.07, 6.45) is -0.797. The second-order valence-electron chi connectivity index (χ2n) is 4.97. The van der Waals surface area contributed by atoms with Gasteiger partial charge in [-0.05, 0) is 99.0 Å². The van der Waals surface area contributed by atoms with Crippen LogP contribution in [0.2, 0.25) is 0 Å². The molecule has 0 bridgehead atoms. The van der Waals surface area contributed by atoms with Gasteiger partial charge in [-0.2, -0.15) is 0 Å². The average molecular weight is 677 g/mol. The van der Waals surface area contributed by atoms with Crippen LogP contribution in [-0.2, 0) is 14.3 Å². The van der Waals surface area contributed by atoms with Crippen LogP contribution in [0.5, 0.6) is 5.75 Å². The van der Waals surface area contributed by atoms with Crippen molar-refractivity contribution in [3.63, 3.8) is 0 Å². The van der Waals surface area contributed by atoms with Crippen LogP contribution in [-0.4, -0.2) is 24.6 Å². The maximum atomic E-state index is 12.0. The van der Waals surface area contributed by atoms with Crippen LogP contribution in [0.15, 0.2) is 42.5 Å². The van der Waals surface area contributed by atoms with Gasteiger partial charge in [0, 0.05) is 10.7 Å². The normalized spacial score (nSPS) is 11.5. The zero-order chi connectivity index (χ0) is 18.4. The third kappa shape index (κ3) is 6.55. The van der Waals surface area contributed by atoms with Crippen LogP contribution in [0.25, 0.3) is 0 Å². The quantitative estimate of drug-likeness (QED) is 0.363. The van der Waals surface area contributed by atoms with Crippen molar-refractivity contribution in [2.24, 2.45) is 0 Å². The Bertz CT molecular complexity index is 745. The Morgan fingerprint density at radius 2 is 1.68 bits per heavy atom. The number of para-hydroxylation sites is 1. The van der Waals surface area contributed by atoms with Crippen LogP contribution < -0.4 is 10.1 Å². The first-order valence-corrected chi connectivity index (χ1v) is 10.4. The Balaban J connectivity index is 1.86. The summed E-state index contributed by atoms with van der Waals surface area (Å²) in [7, 11) is 0. The van der Waals surface area contributed by atoms with Crippen molar-refractivity contribution < 1.29 is 19.1 Å². The van der Waals surface area contributed by atoms with Crippen molar-refractivity contribution in [3.8, 4) is 5.75 Å². The Labute approximate surface area is 186 Å². The topological polar surface area (TPSA) is 64.6 Å². The summed E-state index contributed by atoms with van der Waals surface area (Å²) in [4.78, 5) is 24.0. The lowest BCUT2D eigenvalue weighted by atomic mass is 10.3. The molecule has 0 spiro atoms. The molecule has 25 heavy (non-hydrogen) atoms. The average Bonchev–Trinajstić information content (AvgIpc) is 2.56. The number of ether oxygens (including phenoxy) is 2. The SMILES string of the molecule is CC(Oc1ccccc1)C(=O)OCC(=O)Nc1c(I)cc(I)cc1I. The minimum Gasteiger partial charge on any atom is -0.479 e. The van der Waals surface area contributed by atoms with E-state index >= 15 is 0 Å². The molecule has 5 nitrogen and oxygen atoms in total. The molecule has 2 aromatic rings. The molecule has 0 aliphatic carbocycles. The molecule has 1 atom stereocenters. The molecule has 1 unspecified atom stereocenters. The number of rotatable bonds is 6. The molecule has 1 amide bonds. The lowest BCUT2D eigenvalue weighted by Gasteiger charge is -2.14. The Hall–Kier alpha value is -0.630. The fourth-order valence-corrected chi connectivity index (χ4v) is 5.69. The number of esters is 1. The van der Waals surface area contributed by atoms with Gasteiger partial charge < -0.3 is 14.8 Å². The van der Waals surface area contributed by atoms with Gasteiger partial charge in [-0.1, -0.05) is 18.2 Å². The molecule has 132 valence electrons. The zero-order valence-electron chi connectivity index (χ0n) is 13.1. The summed E-state index contributed by atoms with van der Waals surface area (Å²) in [5.74, 6) is -0.414. The fraction of sp³-hybridized carbons (Fsp3) is 0.176. The lowest BCUT2D eigenvalue weighted by molar-refractivity contribution is -0.153. The second kappa shape index (κ2) is 9.90. The summed E-state index contributed by atoms with van der Waals surface area (Å²) in [6.45, 7) is 1.22. The number of hydrogen-bond donors (Lipinski definition) is 1. The molecule has 0 saturated carbocycles. The van der Waals surface area contributed by atoms with Gasteiger partial charge in [0.15, 0.2) is 12.7 Å². The van der Waals surface area contributed by atoms with Gasteiger partial charge in [0.05, 0.1) is 5.69 Å². The van der Waals surface area contributed by atoms with Crippen molar-refractivity contribution in [1.29, 1.82) is 0 Å². The molecule has 0 saturated heterocycles. The third-order valence-electron chi connectivity index (χ3n) is 3.00. The Kier molecular flexibility index (Phi) is 8.19. The maximum Gasteiger partial charge on any atom is 0.347 e. The van der Waals surface area contributed by atoms with Gasteiger partial charge in [-0.25, -0.2) is 4.79 Å². The standard InChI is InChI=1S/C17H14I3NO4/c1-10(25-12-5-3-2-4-6-12)17(23)24-9-15(22)21-16-13(19)7-11(18)8-14(16)20/h2-8,10H,9H2,1H3,(H,21,22). The van der Waals surface area contributed by atoms with Gasteiger partial charge in [-0.15, -0.1) is 0 Å². The maximum absolute atomic E-state index is 12.0. The number of nitrogens with one attached hydrogen (secondary N) is 1. The smallest absolute Gasteiger partial charge is 0.347 e. The molecule has 0 aromatic heterocycles. The van der Waals surface area contributed by atoms with E-state index in [1.165, 1.54) is 0 Å². The fourth-order valence-electron chi connectivity index (χ4n) is 1.84. The highest BCUT2D eigenvalue weighted by Crippen LogP contribution is 2.27. The van der Waals surface area contributed by atoms with E-state index in [0.29, 0.717) is 5.75 Å². The molecule has 0 fully saturated rings. The summed E-state index contributed by atoms with van der Waals surface area (Å²) in [6, 6.07) is 12.9. The summed E-state index contributed by atoms with van der Waals surface area (Å²) < 4.78 is 13.4. The highest BCUT2D eigenvalue weighted by molar-refractivity contribution is 14.1. The molecule has 1 N–H and O–H groups in total. The van der Waals surface area contributed by atoms with Gasteiger partial charge in [0.2, 0.25) is 0 Å². The van der Waals surface area contributed by atoms with Crippen LogP contribution >= 0.6 is 67.8 Å². The summed E-state index contributed by atoms with van der Waals surface area (Å²) in [5.41, 5.74) is 0.719. The van der Waals surface area contributed by atoms with E-state index in [0.717, 1.165) is 16.4 Å². The van der Waals surface area contributed by atoms with E-state index in [1.54, 1.807) is 19.1 Å². The zero-order valence-corrected chi connectivity index (χ0v) is 19.6. The molecule has 0 radical (unpaired) electrons. The molecular formula is C17H14I3NO4. The number of hydrogen-bond acceptors (Lipinski definition) is 4. The van der Waals surface area contributed by atoms with Gasteiger partial charge in [0.1, 0.15) is 5.75 Å². The molecule has 2 rings (SSSR count). The van der Waals surface area contributed by atoms with E-state index in [1.807, 2.05) is 30.3 Å². The largest absolute Gasteiger partial charge is 0.479 e. The second-order valence-corrected chi connectivity index (χ2v) is 8.54. The minimum absolute atomic E-state index is 0.362. The van der Waals surface area contributed by atoms with Gasteiger partial charge in [0.25, 0.3) is 5.91 Å². The molecule has 0 aliphatic rings. The number of carbonyl (C=O) groups excluding carboxylic acids is 2. The monoisotopic (exact) mass is 677 g/mol. The van der Waals surface area contributed by atoms with Crippen molar-refractivity contribution in [3.05, 3.63) is 53.2 Å². The van der Waals surface area contributed by atoms with Crippen LogP contribution in [0.3, 0.4) is 0 Å². The van der Waals surface area contributed by atoms with E-state index < -0.39 is 18.0 Å². The first-order valence-electron chi connectivity index (χ1n) is 7.19. The first-order chi connectivity index (χ1) is 11.9. The molecule has 0 heterocycles. The van der Waals surface area contributed by atoms with Crippen molar-refractivity contribution in [1.82, 2.24) is 0 Å². The Morgan fingerprint density at radius 1 is 1.08 bits per heavy atom. The third-order valence-corrected chi connectivity index (χ3v) is 5.33. The lowest BCUT2D eigenvalue weighted by Crippen LogP contribution is -2.30. The first kappa shape index (κ1) is 20.7. The Morgan fingerprint density at radius 3 is 2.28 bits per heavy atom. The number of benzene rings is 2. The van der Waals surface area contributed by atoms with Crippen LogP contribution in [0.1, 0.15) is 6.92 Å². The number of anilines is 1. The predicted molar refractivity (Wildman–Crippen MR) is 121 cm³/mol. The summed E-state index contributed by atoms with van der Waals surface area (Å²) >= 11 is 6.53. The highest BCUT2D eigenvalue weighted by Gasteiger charge is 2.18. The highest BCUT2D eigenvalue weighted by atomic mass is 127. The van der Waals surface area contributed by atoms with Crippen LogP contribution in [0.4, 0.5) is 5.69 Å². The van der Waals surface area contributed by atoms with Crippen molar-refractivity contribution >= 4 is 85.3 Å². The number of amides is 1. The minimum atomic E-state index is -0.797. The van der Waals surface area contributed by atoms with E-state index in [-0.39, 0.29) is 6.61 Å². The van der Waals surface area contributed by atoms with Crippen molar-refractivity contribution in [2.45, 2.75) is 13.0 Å². The number of halogens is 3. The number of carbonyl (C=O) groups is 2. The summed E-state index contributed by atoms with van der Waals surface area (Å²) in [5, 5.41) is 2.77. The van der Waals surface area contributed by atoms with E-state index in [2.05, 4.69) is 73.1 Å². The van der Waals surface area contributed by atoms with Crippen molar-refractivity contribution in [2.75, 3.05) is 11.9 Å². The molecule has 2 aromatic carbocycles. The molecule has 0 aliphatic heterocycles. The van der Waals surface area contributed by atoms with Gasteiger partial charge >= 0.3 is 5.97 Å². The molecular weight excluding hydrogens is 663 g/mol. The van der Waals surface area contributed by atoms with E-state index in [4.69, 9.17) is 9.47 Å². The predicted octanol–water partition coefficient (Wildman–Crippen LogP) is 4.45. The molecule has 8 heteroatoms.